The quantitative estimate of drug-likeness (QED) is 0.938. The second-order valence-electron chi connectivity index (χ2n) is 5.73. The Morgan fingerprint density at radius 1 is 1.30 bits per heavy atom. The first kappa shape index (κ1) is 15.7. The molecule has 1 aromatic heterocycles. The summed E-state index contributed by atoms with van der Waals surface area (Å²) in [5, 5.41) is 11.6. The second-order valence-corrected chi connectivity index (χ2v) is 6.59. The highest BCUT2D eigenvalue weighted by atomic mass is 32.1. The minimum absolute atomic E-state index is 0.171. The molecular weight excluding hydrogens is 312 g/mol. The Kier molecular flexibility index (Phi) is 4.43. The molecule has 1 saturated heterocycles. The molecule has 5 nitrogen and oxygen atoms in total. The molecule has 1 N–H and O–H groups in total. The van der Waals surface area contributed by atoms with Gasteiger partial charge in [0.25, 0.3) is 5.91 Å². The monoisotopic (exact) mass is 330 g/mol. The number of piperidine rings is 1. The third-order valence-corrected chi connectivity index (χ3v) is 5.15. The van der Waals surface area contributed by atoms with Gasteiger partial charge in [0, 0.05) is 23.5 Å². The first-order valence-electron chi connectivity index (χ1n) is 7.62. The molecule has 2 aromatic rings. The number of carboxylic acid groups (broad SMARTS) is 1. The average Bonchev–Trinajstić information content (AvgIpc) is 3.05. The first-order chi connectivity index (χ1) is 11.1. The normalized spacial score (nSPS) is 21.2. The third kappa shape index (κ3) is 3.12. The molecular formula is C17H18N2O3S. The lowest BCUT2D eigenvalue weighted by Gasteiger charge is -2.36. The van der Waals surface area contributed by atoms with Gasteiger partial charge in [0.15, 0.2) is 5.01 Å². The van der Waals surface area contributed by atoms with Crippen LogP contribution < -0.4 is 0 Å². The van der Waals surface area contributed by atoms with E-state index in [-0.39, 0.29) is 11.9 Å². The number of carboxylic acids is 1. The Morgan fingerprint density at radius 3 is 2.74 bits per heavy atom. The summed E-state index contributed by atoms with van der Waals surface area (Å²) in [6, 6.07) is 9.39. The van der Waals surface area contributed by atoms with Crippen molar-refractivity contribution in [2.75, 3.05) is 6.54 Å². The van der Waals surface area contributed by atoms with Crippen LogP contribution in [-0.4, -0.2) is 39.5 Å². The number of carbonyl (C=O) groups is 2. The number of carbonyl (C=O) groups excluding carboxylic acids is 1. The number of benzene rings is 1. The fourth-order valence-corrected chi connectivity index (χ4v) is 3.78. The fraction of sp³-hybridized carbons (Fsp3) is 0.353. The van der Waals surface area contributed by atoms with Crippen LogP contribution in [0.2, 0.25) is 0 Å². The van der Waals surface area contributed by atoms with E-state index in [4.69, 9.17) is 0 Å². The highest BCUT2D eigenvalue weighted by Gasteiger charge is 2.36. The van der Waals surface area contributed by atoms with Crippen LogP contribution in [0.5, 0.6) is 0 Å². The average molecular weight is 330 g/mol. The molecule has 0 spiro atoms. The van der Waals surface area contributed by atoms with Crippen molar-refractivity contribution in [1.82, 2.24) is 9.88 Å². The summed E-state index contributed by atoms with van der Waals surface area (Å²) in [7, 11) is 0. The summed E-state index contributed by atoms with van der Waals surface area (Å²) >= 11 is 1.31. The van der Waals surface area contributed by atoms with Crippen molar-refractivity contribution in [3.63, 3.8) is 0 Å². The zero-order valence-corrected chi connectivity index (χ0v) is 13.6. The van der Waals surface area contributed by atoms with Gasteiger partial charge in [-0.25, -0.2) is 4.98 Å². The minimum atomic E-state index is -0.834. The summed E-state index contributed by atoms with van der Waals surface area (Å²) in [6.07, 6.45) is 1.33. The number of hydrogen-bond donors (Lipinski definition) is 1. The van der Waals surface area contributed by atoms with Gasteiger partial charge in [-0.3, -0.25) is 9.59 Å². The number of aromatic nitrogens is 1. The number of thiazole rings is 1. The molecule has 1 aromatic carbocycles. The first-order valence-corrected chi connectivity index (χ1v) is 8.50. The smallest absolute Gasteiger partial charge is 0.308 e. The van der Waals surface area contributed by atoms with Crippen LogP contribution in [-0.2, 0) is 4.79 Å². The van der Waals surface area contributed by atoms with E-state index in [1.54, 1.807) is 4.90 Å². The highest BCUT2D eigenvalue weighted by molar-refractivity contribution is 7.12. The maximum atomic E-state index is 12.7. The van der Waals surface area contributed by atoms with Crippen LogP contribution in [0.3, 0.4) is 0 Å². The molecule has 3 rings (SSSR count). The van der Waals surface area contributed by atoms with Gasteiger partial charge in [-0.15, -0.1) is 11.3 Å². The lowest BCUT2D eigenvalue weighted by atomic mass is 9.90. The van der Waals surface area contributed by atoms with E-state index in [0.717, 1.165) is 11.3 Å². The highest BCUT2D eigenvalue weighted by Crippen LogP contribution is 2.28. The molecule has 6 heteroatoms. The summed E-state index contributed by atoms with van der Waals surface area (Å²) in [5.41, 5.74) is 1.75. The van der Waals surface area contributed by atoms with E-state index in [1.165, 1.54) is 11.3 Å². The molecule has 1 fully saturated rings. The standard InChI is InChI=1S/C17H18N2O3S/c1-11-13(17(21)22)8-5-9-19(11)16(20)15-18-14(10-23-15)12-6-3-2-4-7-12/h2-4,6-7,10-11,13H,5,8-9H2,1H3,(H,21,22)/t11-,13-/m1/s1. The molecule has 0 unspecified atom stereocenters. The van der Waals surface area contributed by atoms with Crippen LogP contribution in [0.15, 0.2) is 35.7 Å². The Morgan fingerprint density at radius 2 is 2.04 bits per heavy atom. The Hall–Kier alpha value is -2.21. The zero-order chi connectivity index (χ0) is 16.4. The molecule has 2 heterocycles. The molecule has 1 amide bonds. The van der Waals surface area contributed by atoms with E-state index in [0.29, 0.717) is 24.4 Å². The molecule has 1 aliphatic rings. The van der Waals surface area contributed by atoms with Crippen molar-refractivity contribution in [2.24, 2.45) is 5.92 Å². The molecule has 0 saturated carbocycles. The topological polar surface area (TPSA) is 70.5 Å². The van der Waals surface area contributed by atoms with Gasteiger partial charge < -0.3 is 10.0 Å². The summed E-state index contributed by atoms with van der Waals surface area (Å²) in [6.45, 7) is 2.39. The van der Waals surface area contributed by atoms with Gasteiger partial charge in [0.1, 0.15) is 0 Å². The predicted octanol–water partition coefficient (Wildman–Crippen LogP) is 3.14. The third-order valence-electron chi connectivity index (χ3n) is 4.32. The van der Waals surface area contributed by atoms with Gasteiger partial charge >= 0.3 is 5.97 Å². The van der Waals surface area contributed by atoms with Crippen molar-refractivity contribution in [3.05, 3.63) is 40.7 Å². The van der Waals surface area contributed by atoms with E-state index in [1.807, 2.05) is 42.6 Å². The molecule has 0 radical (unpaired) electrons. The maximum Gasteiger partial charge on any atom is 0.308 e. The summed E-state index contributed by atoms with van der Waals surface area (Å²) < 4.78 is 0. The van der Waals surface area contributed by atoms with E-state index < -0.39 is 11.9 Å². The van der Waals surface area contributed by atoms with Gasteiger partial charge in [-0.2, -0.15) is 0 Å². The number of likely N-dealkylation sites (tertiary alicyclic amines) is 1. The van der Waals surface area contributed by atoms with Crippen molar-refractivity contribution < 1.29 is 14.7 Å². The SMILES string of the molecule is C[C@@H]1[C@H](C(=O)O)CCCN1C(=O)c1nc(-c2ccccc2)cs1. The van der Waals surface area contributed by atoms with Crippen molar-refractivity contribution in [3.8, 4) is 11.3 Å². The largest absolute Gasteiger partial charge is 0.481 e. The number of amides is 1. The second kappa shape index (κ2) is 6.50. The summed E-state index contributed by atoms with van der Waals surface area (Å²) in [5.74, 6) is -1.50. The molecule has 1 aliphatic heterocycles. The fourth-order valence-electron chi connectivity index (χ4n) is 3.00. The Balaban J connectivity index is 1.81. The number of rotatable bonds is 3. The van der Waals surface area contributed by atoms with Crippen LogP contribution in [0, 0.1) is 5.92 Å². The molecule has 120 valence electrons. The van der Waals surface area contributed by atoms with E-state index >= 15 is 0 Å². The van der Waals surface area contributed by atoms with Gasteiger partial charge in [-0.05, 0) is 19.8 Å². The van der Waals surface area contributed by atoms with Crippen molar-refractivity contribution in [1.29, 1.82) is 0 Å². The Bertz CT molecular complexity index is 714. The van der Waals surface area contributed by atoms with Crippen molar-refractivity contribution >= 4 is 23.2 Å². The van der Waals surface area contributed by atoms with Gasteiger partial charge in [0.2, 0.25) is 0 Å². The van der Waals surface area contributed by atoms with Crippen LogP contribution in [0.25, 0.3) is 11.3 Å². The van der Waals surface area contributed by atoms with Gasteiger partial charge in [0.05, 0.1) is 11.6 Å². The van der Waals surface area contributed by atoms with Crippen LogP contribution in [0.1, 0.15) is 29.6 Å². The van der Waals surface area contributed by atoms with Crippen LogP contribution >= 0.6 is 11.3 Å². The predicted molar refractivity (Wildman–Crippen MR) is 88.4 cm³/mol. The lowest BCUT2D eigenvalue weighted by Crippen LogP contribution is -2.49. The van der Waals surface area contributed by atoms with E-state index in [9.17, 15) is 14.7 Å². The zero-order valence-electron chi connectivity index (χ0n) is 12.8. The lowest BCUT2D eigenvalue weighted by molar-refractivity contribution is -0.144. The number of hydrogen-bond acceptors (Lipinski definition) is 4. The molecule has 2 atom stereocenters. The van der Waals surface area contributed by atoms with Crippen molar-refractivity contribution in [2.45, 2.75) is 25.8 Å². The minimum Gasteiger partial charge on any atom is -0.481 e. The summed E-state index contributed by atoms with van der Waals surface area (Å²) in [4.78, 5) is 30.1. The van der Waals surface area contributed by atoms with E-state index in [2.05, 4.69) is 4.98 Å². The Labute approximate surface area is 138 Å². The van der Waals surface area contributed by atoms with Crippen LogP contribution in [0.4, 0.5) is 0 Å². The maximum absolute atomic E-state index is 12.7. The molecule has 0 bridgehead atoms. The molecule has 0 aliphatic carbocycles. The number of aliphatic carboxylic acids is 1. The molecule has 23 heavy (non-hydrogen) atoms. The van der Waals surface area contributed by atoms with Gasteiger partial charge in [-0.1, -0.05) is 30.3 Å². The number of nitrogens with zero attached hydrogens (tertiary/aromatic N) is 2.